The quantitative estimate of drug-likeness (QED) is 0.837. The SMILES string of the molecule is CCc1nc(CNC(=O)CCC2CCNC2)cs1.Cl.Cl. The van der Waals surface area contributed by atoms with E-state index < -0.39 is 0 Å². The van der Waals surface area contributed by atoms with Gasteiger partial charge in [-0.2, -0.15) is 0 Å². The highest BCUT2D eigenvalue weighted by Gasteiger charge is 2.15. The minimum atomic E-state index is 0. The van der Waals surface area contributed by atoms with E-state index in [9.17, 15) is 4.79 Å². The van der Waals surface area contributed by atoms with Crippen molar-refractivity contribution >= 4 is 42.1 Å². The van der Waals surface area contributed by atoms with Gasteiger partial charge in [0.1, 0.15) is 0 Å². The van der Waals surface area contributed by atoms with Crippen LogP contribution in [0.2, 0.25) is 0 Å². The van der Waals surface area contributed by atoms with Crippen molar-refractivity contribution in [3.05, 3.63) is 16.1 Å². The monoisotopic (exact) mass is 339 g/mol. The Morgan fingerprint density at radius 3 is 2.95 bits per heavy atom. The molecule has 1 unspecified atom stereocenters. The molecule has 1 aliphatic heterocycles. The van der Waals surface area contributed by atoms with Crippen LogP contribution < -0.4 is 10.6 Å². The maximum atomic E-state index is 11.7. The van der Waals surface area contributed by atoms with Crippen LogP contribution in [0.5, 0.6) is 0 Å². The molecule has 116 valence electrons. The van der Waals surface area contributed by atoms with Gasteiger partial charge in [0.25, 0.3) is 0 Å². The van der Waals surface area contributed by atoms with Gasteiger partial charge in [-0.05, 0) is 38.3 Å². The number of rotatable bonds is 6. The van der Waals surface area contributed by atoms with E-state index in [1.54, 1.807) is 11.3 Å². The lowest BCUT2D eigenvalue weighted by molar-refractivity contribution is -0.121. The van der Waals surface area contributed by atoms with E-state index in [-0.39, 0.29) is 30.7 Å². The Hall–Kier alpha value is -0.360. The molecular weight excluding hydrogens is 317 g/mol. The highest BCUT2D eigenvalue weighted by molar-refractivity contribution is 7.09. The third kappa shape index (κ3) is 6.39. The van der Waals surface area contributed by atoms with Crippen LogP contribution in [-0.2, 0) is 17.8 Å². The molecule has 0 aliphatic carbocycles. The number of aryl methyl sites for hydroxylation is 1. The average Bonchev–Trinajstić information content (AvgIpc) is 3.04. The van der Waals surface area contributed by atoms with Crippen molar-refractivity contribution in [3.8, 4) is 0 Å². The zero-order valence-electron chi connectivity index (χ0n) is 11.7. The highest BCUT2D eigenvalue weighted by atomic mass is 35.5. The summed E-state index contributed by atoms with van der Waals surface area (Å²) in [6.45, 7) is 4.83. The third-order valence-corrected chi connectivity index (χ3v) is 4.35. The first-order valence-electron chi connectivity index (χ1n) is 6.68. The van der Waals surface area contributed by atoms with Crippen molar-refractivity contribution < 1.29 is 4.79 Å². The van der Waals surface area contributed by atoms with Gasteiger partial charge in [-0.15, -0.1) is 36.2 Å². The van der Waals surface area contributed by atoms with Gasteiger partial charge >= 0.3 is 0 Å². The van der Waals surface area contributed by atoms with Crippen molar-refractivity contribution in [1.82, 2.24) is 15.6 Å². The molecule has 0 aromatic carbocycles. The largest absolute Gasteiger partial charge is 0.350 e. The number of nitrogens with zero attached hydrogens (tertiary/aromatic N) is 1. The molecule has 1 fully saturated rings. The molecule has 0 saturated carbocycles. The number of thiazole rings is 1. The third-order valence-electron chi connectivity index (χ3n) is 3.31. The van der Waals surface area contributed by atoms with E-state index in [4.69, 9.17) is 0 Å². The molecule has 1 aromatic heterocycles. The molecule has 7 heteroatoms. The molecule has 2 rings (SSSR count). The zero-order valence-corrected chi connectivity index (χ0v) is 14.1. The van der Waals surface area contributed by atoms with Gasteiger partial charge < -0.3 is 10.6 Å². The van der Waals surface area contributed by atoms with Gasteiger partial charge in [-0.3, -0.25) is 4.79 Å². The standard InChI is InChI=1S/C13H21N3OS.2ClH/c1-2-13-16-11(9-18-13)8-15-12(17)4-3-10-5-6-14-7-10;;/h9-10,14H,2-8H2,1H3,(H,15,17);2*1H. The summed E-state index contributed by atoms with van der Waals surface area (Å²) < 4.78 is 0. The number of aromatic nitrogens is 1. The van der Waals surface area contributed by atoms with E-state index in [0.29, 0.717) is 18.9 Å². The lowest BCUT2D eigenvalue weighted by Gasteiger charge is -2.07. The van der Waals surface area contributed by atoms with Crippen LogP contribution >= 0.6 is 36.2 Å². The van der Waals surface area contributed by atoms with Gasteiger partial charge in [-0.25, -0.2) is 4.98 Å². The Morgan fingerprint density at radius 1 is 1.55 bits per heavy atom. The molecule has 1 aliphatic rings. The molecule has 20 heavy (non-hydrogen) atoms. The fourth-order valence-electron chi connectivity index (χ4n) is 2.17. The van der Waals surface area contributed by atoms with Crippen LogP contribution in [0.25, 0.3) is 0 Å². The van der Waals surface area contributed by atoms with Gasteiger partial charge in [0.15, 0.2) is 0 Å². The van der Waals surface area contributed by atoms with Crippen LogP contribution in [0.4, 0.5) is 0 Å². The van der Waals surface area contributed by atoms with Gasteiger partial charge in [0.05, 0.1) is 17.2 Å². The lowest BCUT2D eigenvalue weighted by atomic mass is 10.0. The van der Waals surface area contributed by atoms with Crippen molar-refractivity contribution in [3.63, 3.8) is 0 Å². The van der Waals surface area contributed by atoms with E-state index in [2.05, 4.69) is 22.5 Å². The summed E-state index contributed by atoms with van der Waals surface area (Å²) in [5.41, 5.74) is 0.979. The Bertz CT molecular complexity index is 395. The van der Waals surface area contributed by atoms with Crippen molar-refractivity contribution in [2.45, 2.75) is 39.2 Å². The first kappa shape index (κ1) is 19.6. The molecule has 1 aromatic rings. The fourth-order valence-corrected chi connectivity index (χ4v) is 2.91. The summed E-state index contributed by atoms with van der Waals surface area (Å²) >= 11 is 1.66. The molecule has 0 bridgehead atoms. The molecular formula is C13H23Cl2N3OS. The number of amides is 1. The molecule has 1 amide bonds. The molecule has 0 spiro atoms. The normalized spacial score (nSPS) is 17.1. The second-order valence-corrected chi connectivity index (χ2v) is 5.70. The number of carbonyl (C=O) groups is 1. The Labute approximate surface area is 137 Å². The van der Waals surface area contributed by atoms with E-state index in [0.717, 1.165) is 36.6 Å². The summed E-state index contributed by atoms with van der Waals surface area (Å²) in [6.07, 6.45) is 3.81. The second kappa shape index (κ2) is 10.4. The first-order chi connectivity index (χ1) is 8.78. The predicted molar refractivity (Wildman–Crippen MR) is 88.0 cm³/mol. The minimum absolute atomic E-state index is 0. The van der Waals surface area contributed by atoms with Crippen molar-refractivity contribution in [2.24, 2.45) is 5.92 Å². The summed E-state index contributed by atoms with van der Waals surface area (Å²) in [5.74, 6) is 0.828. The molecule has 2 N–H and O–H groups in total. The number of hydrogen-bond donors (Lipinski definition) is 2. The highest BCUT2D eigenvalue weighted by Crippen LogP contribution is 2.14. The Balaban J connectivity index is 0.00000180. The van der Waals surface area contributed by atoms with Crippen LogP contribution in [0, 0.1) is 5.92 Å². The van der Waals surface area contributed by atoms with E-state index >= 15 is 0 Å². The molecule has 2 heterocycles. The minimum Gasteiger partial charge on any atom is -0.350 e. The Kier molecular flexibility index (Phi) is 10.2. The van der Waals surface area contributed by atoms with Crippen molar-refractivity contribution in [1.29, 1.82) is 0 Å². The van der Waals surface area contributed by atoms with Crippen molar-refractivity contribution in [2.75, 3.05) is 13.1 Å². The van der Waals surface area contributed by atoms with Crippen LogP contribution in [0.15, 0.2) is 5.38 Å². The first-order valence-corrected chi connectivity index (χ1v) is 7.56. The molecule has 1 saturated heterocycles. The zero-order chi connectivity index (χ0) is 12.8. The van der Waals surface area contributed by atoms with Crippen LogP contribution in [0.3, 0.4) is 0 Å². The van der Waals surface area contributed by atoms with E-state index in [1.165, 1.54) is 6.42 Å². The number of halogens is 2. The number of hydrogen-bond acceptors (Lipinski definition) is 4. The van der Waals surface area contributed by atoms with E-state index in [1.807, 2.05) is 5.38 Å². The maximum absolute atomic E-state index is 11.7. The van der Waals surface area contributed by atoms with Crippen LogP contribution in [-0.4, -0.2) is 24.0 Å². The predicted octanol–water partition coefficient (Wildman–Crippen LogP) is 2.56. The maximum Gasteiger partial charge on any atom is 0.220 e. The molecule has 0 radical (unpaired) electrons. The number of nitrogens with one attached hydrogen (secondary N) is 2. The molecule has 4 nitrogen and oxygen atoms in total. The summed E-state index contributed by atoms with van der Waals surface area (Å²) in [6, 6.07) is 0. The summed E-state index contributed by atoms with van der Waals surface area (Å²) in [5, 5.41) is 9.43. The Morgan fingerprint density at radius 2 is 2.35 bits per heavy atom. The van der Waals surface area contributed by atoms with Gasteiger partial charge in [0, 0.05) is 11.8 Å². The average molecular weight is 340 g/mol. The van der Waals surface area contributed by atoms with Gasteiger partial charge in [-0.1, -0.05) is 6.92 Å². The second-order valence-electron chi connectivity index (χ2n) is 4.76. The molecule has 1 atom stereocenters. The smallest absolute Gasteiger partial charge is 0.220 e. The number of carbonyl (C=O) groups excluding carboxylic acids is 1. The van der Waals surface area contributed by atoms with Crippen LogP contribution in [0.1, 0.15) is 36.9 Å². The summed E-state index contributed by atoms with van der Waals surface area (Å²) in [4.78, 5) is 16.1. The summed E-state index contributed by atoms with van der Waals surface area (Å²) in [7, 11) is 0. The van der Waals surface area contributed by atoms with Gasteiger partial charge in [0.2, 0.25) is 5.91 Å². The lowest BCUT2D eigenvalue weighted by Crippen LogP contribution is -2.23. The topological polar surface area (TPSA) is 54.0 Å². The fraction of sp³-hybridized carbons (Fsp3) is 0.692.